The van der Waals surface area contributed by atoms with Gasteiger partial charge in [-0.25, -0.2) is 4.79 Å². The molecule has 2 fully saturated rings. The van der Waals surface area contributed by atoms with Crippen LogP contribution in [0.3, 0.4) is 0 Å². The van der Waals surface area contributed by atoms with Crippen LogP contribution >= 0.6 is 11.6 Å². The van der Waals surface area contributed by atoms with Gasteiger partial charge in [0, 0.05) is 56.5 Å². The van der Waals surface area contributed by atoms with Crippen molar-refractivity contribution in [3.8, 4) is 0 Å². The summed E-state index contributed by atoms with van der Waals surface area (Å²) >= 11 is 6.69. The third-order valence-corrected chi connectivity index (χ3v) is 7.92. The minimum Gasteiger partial charge on any atom is -0.478 e. The molecule has 0 radical (unpaired) electrons. The van der Waals surface area contributed by atoms with Crippen molar-refractivity contribution in [2.75, 3.05) is 13.1 Å². The number of aromatic nitrogens is 1. The molecule has 0 amide bonds. The molecule has 34 heavy (non-hydrogen) atoms. The van der Waals surface area contributed by atoms with Crippen LogP contribution in [0.25, 0.3) is 10.9 Å². The Labute approximate surface area is 203 Å². The predicted octanol–water partition coefficient (Wildman–Crippen LogP) is 5.80. The van der Waals surface area contributed by atoms with Crippen LogP contribution in [0.2, 0.25) is 5.02 Å². The van der Waals surface area contributed by atoms with Crippen LogP contribution in [0, 0.1) is 6.92 Å². The molecule has 176 valence electrons. The Bertz CT molecular complexity index is 1300. The average molecular weight is 478 g/mol. The van der Waals surface area contributed by atoms with Crippen molar-refractivity contribution in [1.82, 2.24) is 9.47 Å². The van der Waals surface area contributed by atoms with Gasteiger partial charge in [-0.2, -0.15) is 0 Å². The topological polar surface area (TPSA) is 67.1 Å². The minimum atomic E-state index is -0.920. The lowest BCUT2D eigenvalue weighted by molar-refractivity contribution is -0.0626. The summed E-state index contributed by atoms with van der Waals surface area (Å²) in [5.74, 6) is -0.920. The largest absolute Gasteiger partial charge is 0.478 e. The number of carboxylic acids is 1. The van der Waals surface area contributed by atoms with Gasteiger partial charge in [-0.3, -0.25) is 4.90 Å². The molecule has 1 aromatic heterocycles. The van der Waals surface area contributed by atoms with Gasteiger partial charge in [-0.1, -0.05) is 35.0 Å². The molecule has 3 aliphatic rings. The summed E-state index contributed by atoms with van der Waals surface area (Å²) in [6.07, 6.45) is 7.43. The lowest BCUT2D eigenvalue weighted by Gasteiger charge is -2.37. The number of carboxylic acid groups (broad SMARTS) is 1. The van der Waals surface area contributed by atoms with Gasteiger partial charge < -0.3 is 14.5 Å². The summed E-state index contributed by atoms with van der Waals surface area (Å²) in [5.41, 5.74) is 5.76. The molecule has 6 rings (SSSR count). The van der Waals surface area contributed by atoms with Crippen LogP contribution in [-0.2, 0) is 11.4 Å². The molecular weight excluding hydrogens is 450 g/mol. The molecule has 0 atom stereocenters. The average Bonchev–Trinajstić information content (AvgIpc) is 3.49. The molecule has 1 spiro atoms. The Morgan fingerprint density at radius 1 is 1.18 bits per heavy atom. The molecular formula is C27H28ClN3O3. The van der Waals surface area contributed by atoms with Crippen LogP contribution < -0.4 is 0 Å². The molecule has 1 N–H and O–H groups in total. The van der Waals surface area contributed by atoms with E-state index >= 15 is 0 Å². The molecule has 3 heterocycles. The SMILES string of the molecule is Cc1ccc(Cl)c2c(CN3CCC4(CC3)CC(c3ccc(C(=O)O)cc3)=NO4)cn(C3CC3)c12. The molecule has 0 unspecified atom stereocenters. The second-order valence-electron chi connectivity index (χ2n) is 10.0. The zero-order valence-corrected chi connectivity index (χ0v) is 20.0. The maximum Gasteiger partial charge on any atom is 0.335 e. The number of carbonyl (C=O) groups is 1. The first-order valence-electron chi connectivity index (χ1n) is 12.0. The van der Waals surface area contributed by atoms with E-state index in [2.05, 4.69) is 33.8 Å². The summed E-state index contributed by atoms with van der Waals surface area (Å²) in [7, 11) is 0. The van der Waals surface area contributed by atoms with Crippen molar-refractivity contribution in [3.05, 3.63) is 69.9 Å². The Hall–Kier alpha value is -2.83. The van der Waals surface area contributed by atoms with E-state index in [0.29, 0.717) is 6.04 Å². The van der Waals surface area contributed by atoms with Crippen LogP contribution in [0.1, 0.15) is 65.2 Å². The van der Waals surface area contributed by atoms with Gasteiger partial charge in [-0.15, -0.1) is 0 Å². The first-order chi connectivity index (χ1) is 16.4. The monoisotopic (exact) mass is 477 g/mol. The second-order valence-corrected chi connectivity index (χ2v) is 10.4. The van der Waals surface area contributed by atoms with Crippen molar-refractivity contribution >= 4 is 34.2 Å². The highest BCUT2D eigenvalue weighted by Crippen LogP contribution is 2.42. The Morgan fingerprint density at radius 3 is 2.59 bits per heavy atom. The lowest BCUT2D eigenvalue weighted by atomic mass is 9.85. The zero-order valence-electron chi connectivity index (χ0n) is 19.3. The molecule has 2 aromatic carbocycles. The van der Waals surface area contributed by atoms with Crippen molar-refractivity contribution in [2.24, 2.45) is 5.16 Å². The fraction of sp³-hybridized carbons (Fsp3) is 0.407. The molecule has 2 aliphatic heterocycles. The van der Waals surface area contributed by atoms with Gasteiger partial charge >= 0.3 is 5.97 Å². The molecule has 1 saturated carbocycles. The van der Waals surface area contributed by atoms with E-state index in [9.17, 15) is 4.79 Å². The van der Waals surface area contributed by atoms with Crippen LogP contribution in [-0.4, -0.2) is 44.9 Å². The number of halogens is 1. The maximum absolute atomic E-state index is 11.1. The number of piperidine rings is 1. The smallest absolute Gasteiger partial charge is 0.335 e. The van der Waals surface area contributed by atoms with Crippen molar-refractivity contribution in [2.45, 2.75) is 57.2 Å². The first kappa shape index (κ1) is 21.7. The molecule has 7 heteroatoms. The highest BCUT2D eigenvalue weighted by Gasteiger charge is 2.42. The number of aromatic carboxylic acids is 1. The Balaban J connectivity index is 1.14. The summed E-state index contributed by atoms with van der Waals surface area (Å²) in [6.45, 7) is 4.95. The van der Waals surface area contributed by atoms with Gasteiger partial charge in [0.2, 0.25) is 0 Å². The first-order valence-corrected chi connectivity index (χ1v) is 12.4. The summed E-state index contributed by atoms with van der Waals surface area (Å²) < 4.78 is 2.45. The van der Waals surface area contributed by atoms with E-state index in [4.69, 9.17) is 21.5 Å². The van der Waals surface area contributed by atoms with Gasteiger partial charge in [0.25, 0.3) is 0 Å². The number of benzene rings is 2. The highest BCUT2D eigenvalue weighted by molar-refractivity contribution is 6.35. The quantitative estimate of drug-likeness (QED) is 0.504. The highest BCUT2D eigenvalue weighted by atomic mass is 35.5. The number of likely N-dealkylation sites (tertiary alicyclic amines) is 1. The minimum absolute atomic E-state index is 0.256. The molecule has 3 aromatic rings. The molecule has 0 bridgehead atoms. The number of hydrogen-bond donors (Lipinski definition) is 1. The third kappa shape index (κ3) is 3.79. The summed E-state index contributed by atoms with van der Waals surface area (Å²) in [6, 6.07) is 11.7. The molecule has 6 nitrogen and oxygen atoms in total. The Kier molecular flexibility index (Phi) is 5.19. The summed E-state index contributed by atoms with van der Waals surface area (Å²) in [5, 5.41) is 15.6. The second kappa shape index (κ2) is 8.14. The van der Waals surface area contributed by atoms with Gasteiger partial charge in [0.05, 0.1) is 21.8 Å². The number of fused-ring (bicyclic) bond motifs is 1. The zero-order chi connectivity index (χ0) is 23.4. The number of nitrogens with zero attached hydrogens (tertiary/aromatic N) is 3. The van der Waals surface area contributed by atoms with E-state index in [1.807, 2.05) is 18.2 Å². The standard InChI is InChI=1S/C27H28ClN3O3/c1-17-2-9-22(28)24-20(16-31(25(17)24)21-7-8-21)15-30-12-10-27(11-13-30)14-23(29-34-27)18-3-5-19(6-4-18)26(32)33/h2-6,9,16,21H,7-8,10-15H2,1H3,(H,32,33). The van der Waals surface area contributed by atoms with Crippen molar-refractivity contribution in [3.63, 3.8) is 0 Å². The number of rotatable bonds is 5. The molecule has 1 aliphatic carbocycles. The van der Waals surface area contributed by atoms with E-state index in [-0.39, 0.29) is 11.2 Å². The molecule has 1 saturated heterocycles. The van der Waals surface area contributed by atoms with E-state index < -0.39 is 5.97 Å². The van der Waals surface area contributed by atoms with Gasteiger partial charge in [-0.05, 0) is 54.7 Å². The van der Waals surface area contributed by atoms with Crippen molar-refractivity contribution in [1.29, 1.82) is 0 Å². The number of oxime groups is 1. The number of aryl methyl sites for hydroxylation is 1. The summed E-state index contributed by atoms with van der Waals surface area (Å²) in [4.78, 5) is 19.6. The fourth-order valence-corrected chi connectivity index (χ4v) is 5.75. The van der Waals surface area contributed by atoms with Crippen LogP contribution in [0.15, 0.2) is 47.8 Å². The fourth-order valence-electron chi connectivity index (χ4n) is 5.48. The third-order valence-electron chi connectivity index (χ3n) is 7.61. The number of hydrogen-bond acceptors (Lipinski definition) is 4. The van der Waals surface area contributed by atoms with Gasteiger partial charge in [0.15, 0.2) is 0 Å². The van der Waals surface area contributed by atoms with Gasteiger partial charge in [0.1, 0.15) is 5.60 Å². The predicted molar refractivity (Wildman–Crippen MR) is 133 cm³/mol. The van der Waals surface area contributed by atoms with Crippen molar-refractivity contribution < 1.29 is 14.7 Å². The maximum atomic E-state index is 11.1. The normalized spacial score (nSPS) is 20.0. The van der Waals surface area contributed by atoms with Crippen LogP contribution in [0.5, 0.6) is 0 Å². The van der Waals surface area contributed by atoms with E-state index in [1.54, 1.807) is 12.1 Å². The Morgan fingerprint density at radius 2 is 1.91 bits per heavy atom. The van der Waals surface area contributed by atoms with E-state index in [1.165, 1.54) is 34.9 Å². The lowest BCUT2D eigenvalue weighted by Crippen LogP contribution is -2.44. The van der Waals surface area contributed by atoms with E-state index in [0.717, 1.165) is 55.2 Å². The van der Waals surface area contributed by atoms with Crippen LogP contribution in [0.4, 0.5) is 0 Å².